The van der Waals surface area contributed by atoms with Gasteiger partial charge >= 0.3 is 11.7 Å². The number of carbonyl (C=O) groups is 2. The monoisotopic (exact) mass is 415 g/mol. The molecule has 3 rings (SSSR count). The maximum absolute atomic E-state index is 12.3. The minimum Gasteiger partial charge on any atom is -0.488 e. The lowest BCUT2D eigenvalue weighted by molar-refractivity contribution is -0.385. The van der Waals surface area contributed by atoms with Gasteiger partial charge < -0.3 is 18.9 Å². The fourth-order valence-corrected chi connectivity index (χ4v) is 2.68. The average molecular weight is 415 g/mol. The molecule has 1 aliphatic heterocycles. The van der Waals surface area contributed by atoms with Crippen LogP contribution in [-0.2, 0) is 9.59 Å². The zero-order valence-electron chi connectivity index (χ0n) is 16.0. The summed E-state index contributed by atoms with van der Waals surface area (Å²) >= 11 is 0. The highest BCUT2D eigenvalue weighted by molar-refractivity contribution is 5.90. The highest BCUT2D eigenvalue weighted by Crippen LogP contribution is 2.39. The van der Waals surface area contributed by atoms with Crippen molar-refractivity contribution in [2.75, 3.05) is 13.7 Å². The van der Waals surface area contributed by atoms with Gasteiger partial charge in [0.05, 0.1) is 23.8 Å². The minimum absolute atomic E-state index is 0.0105. The molecule has 0 fully saturated rings. The quantitative estimate of drug-likeness (QED) is 0.248. The summed E-state index contributed by atoms with van der Waals surface area (Å²) in [4.78, 5) is 34.2. The second kappa shape index (κ2) is 8.90. The summed E-state index contributed by atoms with van der Waals surface area (Å²) in [5, 5.41) is 15.3. The molecule has 11 nitrogen and oxygen atoms in total. The van der Waals surface area contributed by atoms with Gasteiger partial charge in [0.2, 0.25) is 11.9 Å². The SMILES string of the molecule is COc1c(OC(C)=O)ccc(C=NNC(=O)[C@@H]2COc3ccccc3O2)c1[N+](=O)[O-]. The third-order valence-corrected chi connectivity index (χ3v) is 3.95. The summed E-state index contributed by atoms with van der Waals surface area (Å²) in [6, 6.07) is 9.54. The molecule has 1 heterocycles. The molecule has 11 heteroatoms. The molecule has 0 saturated heterocycles. The number of nitro benzene ring substituents is 1. The van der Waals surface area contributed by atoms with Crippen LogP contribution < -0.4 is 24.4 Å². The highest BCUT2D eigenvalue weighted by Gasteiger charge is 2.28. The van der Waals surface area contributed by atoms with Gasteiger partial charge in [-0.05, 0) is 24.3 Å². The molecular formula is C19H17N3O8. The van der Waals surface area contributed by atoms with E-state index in [-0.39, 0.29) is 23.7 Å². The molecule has 1 atom stereocenters. The normalized spacial score (nSPS) is 14.8. The van der Waals surface area contributed by atoms with Crippen LogP contribution in [0.1, 0.15) is 12.5 Å². The number of hydrogen-bond acceptors (Lipinski definition) is 9. The molecule has 0 bridgehead atoms. The Bertz CT molecular complexity index is 1020. The fraction of sp³-hybridized carbons (Fsp3) is 0.211. The second-order valence-corrected chi connectivity index (χ2v) is 5.98. The summed E-state index contributed by atoms with van der Waals surface area (Å²) < 4.78 is 21.0. The number of carbonyl (C=O) groups excluding carboxylic acids is 2. The van der Waals surface area contributed by atoms with Crippen LogP contribution in [0.2, 0.25) is 0 Å². The van der Waals surface area contributed by atoms with E-state index in [0.717, 1.165) is 13.1 Å². The molecule has 1 aliphatic rings. The summed E-state index contributed by atoms with van der Waals surface area (Å²) in [5.41, 5.74) is 1.81. The fourth-order valence-electron chi connectivity index (χ4n) is 2.68. The molecule has 2 aromatic carbocycles. The first kappa shape index (κ1) is 20.6. The average Bonchev–Trinajstić information content (AvgIpc) is 2.73. The lowest BCUT2D eigenvalue weighted by atomic mass is 10.1. The zero-order valence-corrected chi connectivity index (χ0v) is 16.0. The van der Waals surface area contributed by atoms with Crippen molar-refractivity contribution in [3.8, 4) is 23.0 Å². The highest BCUT2D eigenvalue weighted by atomic mass is 16.6. The minimum atomic E-state index is -0.937. The number of methoxy groups -OCH3 is 1. The Morgan fingerprint density at radius 3 is 2.67 bits per heavy atom. The first-order valence-electron chi connectivity index (χ1n) is 8.66. The topological polar surface area (TPSA) is 139 Å². The molecule has 30 heavy (non-hydrogen) atoms. The zero-order chi connectivity index (χ0) is 21.7. The maximum atomic E-state index is 12.3. The van der Waals surface area contributed by atoms with Gasteiger partial charge in [0.25, 0.3) is 5.91 Å². The number of nitrogens with zero attached hydrogens (tertiary/aromatic N) is 2. The maximum Gasteiger partial charge on any atom is 0.323 e. The Labute approximate surface area is 170 Å². The van der Waals surface area contributed by atoms with Crippen molar-refractivity contribution in [2.45, 2.75) is 13.0 Å². The van der Waals surface area contributed by atoms with E-state index in [0.29, 0.717) is 11.5 Å². The van der Waals surface area contributed by atoms with Gasteiger partial charge in [-0.3, -0.25) is 19.7 Å². The number of hydrazone groups is 1. The molecule has 0 aromatic heterocycles. The Morgan fingerprint density at radius 2 is 2.00 bits per heavy atom. The molecule has 0 spiro atoms. The molecule has 1 N–H and O–H groups in total. The number of hydrogen-bond donors (Lipinski definition) is 1. The third kappa shape index (κ3) is 4.46. The Balaban J connectivity index is 1.75. The van der Waals surface area contributed by atoms with Crippen LogP contribution in [0.25, 0.3) is 0 Å². The molecule has 0 unspecified atom stereocenters. The lowest BCUT2D eigenvalue weighted by Gasteiger charge is -2.24. The van der Waals surface area contributed by atoms with E-state index in [2.05, 4.69) is 10.5 Å². The number of benzene rings is 2. The van der Waals surface area contributed by atoms with Crippen LogP contribution in [0.15, 0.2) is 41.5 Å². The molecule has 0 saturated carbocycles. The Hall–Kier alpha value is -4.15. The lowest BCUT2D eigenvalue weighted by Crippen LogP contribution is -2.42. The molecule has 1 amide bonds. The van der Waals surface area contributed by atoms with Gasteiger partial charge in [0.1, 0.15) is 6.61 Å². The predicted molar refractivity (Wildman–Crippen MR) is 103 cm³/mol. The van der Waals surface area contributed by atoms with Gasteiger partial charge in [0, 0.05) is 6.92 Å². The number of nitrogens with one attached hydrogen (secondary N) is 1. The van der Waals surface area contributed by atoms with E-state index >= 15 is 0 Å². The number of para-hydroxylation sites is 2. The van der Waals surface area contributed by atoms with Crippen LogP contribution in [0.3, 0.4) is 0 Å². The first-order valence-corrected chi connectivity index (χ1v) is 8.66. The van der Waals surface area contributed by atoms with Crippen molar-refractivity contribution < 1.29 is 33.5 Å². The number of fused-ring (bicyclic) bond motifs is 1. The number of esters is 1. The van der Waals surface area contributed by atoms with Gasteiger partial charge in [-0.2, -0.15) is 5.10 Å². The van der Waals surface area contributed by atoms with Gasteiger partial charge in [0.15, 0.2) is 17.2 Å². The summed E-state index contributed by atoms with van der Waals surface area (Å²) in [6.07, 6.45) is 0.140. The Kier molecular flexibility index (Phi) is 6.11. The second-order valence-electron chi connectivity index (χ2n) is 5.98. The number of nitro groups is 1. The standard InChI is InChI=1S/C19H17N3O8/c1-11(23)29-15-8-7-12(17(22(25)26)18(15)27-2)9-20-21-19(24)16-10-28-13-5-3-4-6-14(13)30-16/h3-9,16H,10H2,1-2H3,(H,21,24)/t16-/m0/s1. The largest absolute Gasteiger partial charge is 0.488 e. The van der Waals surface area contributed by atoms with E-state index in [9.17, 15) is 19.7 Å². The summed E-state index contributed by atoms with van der Waals surface area (Å²) in [7, 11) is 1.20. The van der Waals surface area contributed by atoms with Crippen molar-refractivity contribution in [1.29, 1.82) is 0 Å². The van der Waals surface area contributed by atoms with Crippen molar-refractivity contribution in [2.24, 2.45) is 5.10 Å². The smallest absolute Gasteiger partial charge is 0.323 e. The van der Waals surface area contributed by atoms with Crippen molar-refractivity contribution in [3.05, 3.63) is 52.1 Å². The van der Waals surface area contributed by atoms with E-state index in [1.54, 1.807) is 24.3 Å². The third-order valence-electron chi connectivity index (χ3n) is 3.95. The summed E-state index contributed by atoms with van der Waals surface area (Å²) in [6.45, 7) is 1.15. The van der Waals surface area contributed by atoms with Crippen LogP contribution in [0, 0.1) is 10.1 Å². The number of amides is 1. The van der Waals surface area contributed by atoms with E-state index in [4.69, 9.17) is 18.9 Å². The van der Waals surface area contributed by atoms with Crippen LogP contribution in [0.5, 0.6) is 23.0 Å². The van der Waals surface area contributed by atoms with Crippen molar-refractivity contribution >= 4 is 23.8 Å². The summed E-state index contributed by atoms with van der Waals surface area (Å²) in [5.74, 6) is -0.648. The van der Waals surface area contributed by atoms with E-state index in [1.165, 1.54) is 19.2 Å². The van der Waals surface area contributed by atoms with Crippen molar-refractivity contribution in [1.82, 2.24) is 5.43 Å². The molecular weight excluding hydrogens is 398 g/mol. The first-order chi connectivity index (χ1) is 14.4. The number of ether oxygens (including phenoxy) is 4. The molecule has 2 aromatic rings. The molecule has 0 aliphatic carbocycles. The van der Waals surface area contributed by atoms with Crippen LogP contribution >= 0.6 is 0 Å². The Morgan fingerprint density at radius 1 is 1.27 bits per heavy atom. The van der Waals surface area contributed by atoms with Gasteiger partial charge in [-0.15, -0.1) is 0 Å². The number of rotatable bonds is 6. The molecule has 0 radical (unpaired) electrons. The van der Waals surface area contributed by atoms with E-state index < -0.39 is 28.6 Å². The van der Waals surface area contributed by atoms with Crippen molar-refractivity contribution in [3.63, 3.8) is 0 Å². The van der Waals surface area contributed by atoms with Gasteiger partial charge in [-0.1, -0.05) is 12.1 Å². The van der Waals surface area contributed by atoms with Crippen LogP contribution in [-0.4, -0.2) is 42.8 Å². The van der Waals surface area contributed by atoms with Gasteiger partial charge in [-0.25, -0.2) is 5.43 Å². The molecule has 156 valence electrons. The van der Waals surface area contributed by atoms with E-state index in [1.807, 2.05) is 0 Å². The van der Waals surface area contributed by atoms with Crippen LogP contribution in [0.4, 0.5) is 5.69 Å². The predicted octanol–water partition coefficient (Wildman–Crippen LogP) is 1.82.